The van der Waals surface area contributed by atoms with Gasteiger partial charge in [-0.3, -0.25) is 13.9 Å². The molecule has 0 unspecified atom stereocenters. The molecule has 3 aromatic rings. The van der Waals surface area contributed by atoms with Gasteiger partial charge in [0.2, 0.25) is 21.8 Å². The second-order valence-electron chi connectivity index (χ2n) is 8.19. The van der Waals surface area contributed by atoms with E-state index in [4.69, 9.17) is 11.6 Å². The lowest BCUT2D eigenvalue weighted by molar-refractivity contribution is -0.139. The number of sulfonamides is 1. The fourth-order valence-corrected chi connectivity index (χ4v) is 5.40. The van der Waals surface area contributed by atoms with Crippen molar-refractivity contribution in [1.82, 2.24) is 10.2 Å². The third kappa shape index (κ3) is 7.32. The molecule has 0 fully saturated rings. The number of hydrogen-bond donors (Lipinski definition) is 1. The summed E-state index contributed by atoms with van der Waals surface area (Å²) in [6, 6.07) is 22.3. The molecule has 1 N–H and O–H groups in total. The van der Waals surface area contributed by atoms with Crippen molar-refractivity contribution < 1.29 is 18.0 Å². The van der Waals surface area contributed by atoms with Gasteiger partial charge in [-0.05, 0) is 35.4 Å². The zero-order chi connectivity index (χ0) is 26.3. The first-order valence-electron chi connectivity index (χ1n) is 11.1. The molecule has 0 spiro atoms. The van der Waals surface area contributed by atoms with Crippen LogP contribution in [0.5, 0.6) is 0 Å². The maximum Gasteiger partial charge on any atom is 0.244 e. The Labute approximate surface area is 225 Å². The van der Waals surface area contributed by atoms with E-state index in [-0.39, 0.29) is 29.6 Å². The summed E-state index contributed by atoms with van der Waals surface area (Å²) in [7, 11) is -2.36. The minimum absolute atomic E-state index is 0.101. The number of amides is 2. The van der Waals surface area contributed by atoms with E-state index in [1.165, 1.54) is 18.0 Å². The maximum atomic E-state index is 13.8. The van der Waals surface area contributed by atoms with Crippen LogP contribution in [0.1, 0.15) is 11.1 Å². The normalized spacial score (nSPS) is 12.0. The van der Waals surface area contributed by atoms with Crippen LogP contribution in [-0.4, -0.2) is 51.0 Å². The van der Waals surface area contributed by atoms with Crippen molar-refractivity contribution in [2.45, 2.75) is 19.0 Å². The molecule has 0 aliphatic rings. The summed E-state index contributed by atoms with van der Waals surface area (Å²) in [5.74, 6) is -0.893. The van der Waals surface area contributed by atoms with Gasteiger partial charge in [0.05, 0.1) is 17.0 Å². The van der Waals surface area contributed by atoms with Crippen LogP contribution in [0.25, 0.3) is 0 Å². The summed E-state index contributed by atoms with van der Waals surface area (Å²) in [6.45, 7) is -0.415. The minimum Gasteiger partial charge on any atom is -0.357 e. The van der Waals surface area contributed by atoms with E-state index in [1.54, 1.807) is 18.2 Å². The highest BCUT2D eigenvalue weighted by atomic mass is 79.9. The molecular formula is C26H27BrClN3O4S. The standard InChI is InChI=1S/C26H27BrClN3O4S/c1-29-26(33)24(16-19-9-4-3-5-10-19)30(17-20-11-8-12-21(27)15-20)25(32)18-31(36(2,34)35)23-14-7-6-13-22(23)28/h3-15,24H,16-18H2,1-2H3,(H,29,33)/t24-/m0/s1. The Bertz CT molecular complexity index is 1320. The first-order chi connectivity index (χ1) is 17.1. The quantitative estimate of drug-likeness (QED) is 0.381. The van der Waals surface area contributed by atoms with E-state index >= 15 is 0 Å². The second kappa shape index (κ2) is 12.4. The lowest BCUT2D eigenvalue weighted by Crippen LogP contribution is -2.52. The fourth-order valence-electron chi connectivity index (χ4n) is 3.80. The molecule has 0 aromatic heterocycles. The zero-order valence-corrected chi connectivity index (χ0v) is 23.1. The highest BCUT2D eigenvalue weighted by molar-refractivity contribution is 9.10. The van der Waals surface area contributed by atoms with E-state index < -0.39 is 28.5 Å². The Balaban J connectivity index is 2.04. The molecule has 1 atom stereocenters. The first-order valence-corrected chi connectivity index (χ1v) is 14.1. The topological polar surface area (TPSA) is 86.8 Å². The number of para-hydroxylation sites is 1. The molecule has 190 valence electrons. The molecule has 10 heteroatoms. The Hall–Kier alpha value is -2.88. The predicted molar refractivity (Wildman–Crippen MR) is 146 cm³/mol. The van der Waals surface area contributed by atoms with Crippen molar-refractivity contribution in [2.75, 3.05) is 24.2 Å². The zero-order valence-electron chi connectivity index (χ0n) is 19.9. The van der Waals surface area contributed by atoms with Crippen molar-refractivity contribution in [2.24, 2.45) is 0 Å². The van der Waals surface area contributed by atoms with Crippen LogP contribution in [0.15, 0.2) is 83.3 Å². The van der Waals surface area contributed by atoms with Crippen molar-refractivity contribution in [3.63, 3.8) is 0 Å². The van der Waals surface area contributed by atoms with Gasteiger partial charge in [0.15, 0.2) is 0 Å². The van der Waals surface area contributed by atoms with E-state index in [9.17, 15) is 18.0 Å². The van der Waals surface area contributed by atoms with Crippen LogP contribution in [0.4, 0.5) is 5.69 Å². The van der Waals surface area contributed by atoms with Crippen LogP contribution in [0, 0.1) is 0 Å². The van der Waals surface area contributed by atoms with Crippen LogP contribution < -0.4 is 9.62 Å². The smallest absolute Gasteiger partial charge is 0.244 e. The van der Waals surface area contributed by atoms with E-state index in [0.29, 0.717) is 0 Å². The largest absolute Gasteiger partial charge is 0.357 e. The molecule has 36 heavy (non-hydrogen) atoms. The van der Waals surface area contributed by atoms with E-state index in [1.807, 2.05) is 54.6 Å². The van der Waals surface area contributed by atoms with Gasteiger partial charge >= 0.3 is 0 Å². The van der Waals surface area contributed by atoms with Crippen LogP contribution >= 0.6 is 27.5 Å². The molecule has 3 aromatic carbocycles. The Morgan fingerprint density at radius 1 is 0.972 bits per heavy atom. The summed E-state index contributed by atoms with van der Waals surface area (Å²) >= 11 is 9.72. The molecule has 0 aliphatic carbocycles. The number of rotatable bonds is 10. The van der Waals surface area contributed by atoms with Crippen molar-refractivity contribution in [3.05, 3.63) is 99.5 Å². The van der Waals surface area contributed by atoms with Crippen molar-refractivity contribution in [1.29, 1.82) is 0 Å². The Kier molecular flexibility index (Phi) is 9.53. The molecule has 0 radical (unpaired) electrons. The fraction of sp³-hybridized carbons (Fsp3) is 0.231. The number of nitrogens with one attached hydrogen (secondary N) is 1. The summed E-state index contributed by atoms with van der Waals surface area (Å²) in [5, 5.41) is 2.84. The lowest BCUT2D eigenvalue weighted by atomic mass is 10.0. The summed E-state index contributed by atoms with van der Waals surface area (Å²) in [5.41, 5.74) is 1.84. The minimum atomic E-state index is -3.87. The van der Waals surface area contributed by atoms with Gasteiger partial charge in [0.25, 0.3) is 0 Å². The third-order valence-electron chi connectivity index (χ3n) is 5.56. The highest BCUT2D eigenvalue weighted by Crippen LogP contribution is 2.28. The van der Waals surface area contributed by atoms with E-state index in [0.717, 1.165) is 26.2 Å². The predicted octanol–water partition coefficient (Wildman–Crippen LogP) is 4.25. The van der Waals surface area contributed by atoms with E-state index in [2.05, 4.69) is 21.2 Å². The lowest BCUT2D eigenvalue weighted by Gasteiger charge is -2.33. The monoisotopic (exact) mass is 591 g/mol. The van der Waals surface area contributed by atoms with Gasteiger partial charge in [0.1, 0.15) is 12.6 Å². The average Bonchev–Trinajstić information content (AvgIpc) is 2.84. The van der Waals surface area contributed by atoms with Crippen LogP contribution in [-0.2, 0) is 32.6 Å². The van der Waals surface area contributed by atoms with Gasteiger partial charge in [-0.25, -0.2) is 8.42 Å². The van der Waals surface area contributed by atoms with Gasteiger partial charge in [0, 0.05) is 24.5 Å². The molecule has 7 nitrogen and oxygen atoms in total. The molecule has 0 saturated heterocycles. The molecule has 0 aliphatic heterocycles. The summed E-state index contributed by atoms with van der Waals surface area (Å²) < 4.78 is 27.2. The molecule has 3 rings (SSSR count). The Morgan fingerprint density at radius 2 is 1.61 bits per heavy atom. The third-order valence-corrected chi connectivity index (χ3v) is 7.50. The molecule has 0 saturated carbocycles. The van der Waals surface area contributed by atoms with Crippen molar-refractivity contribution >= 4 is 55.1 Å². The van der Waals surface area contributed by atoms with Gasteiger partial charge < -0.3 is 10.2 Å². The molecule has 0 bridgehead atoms. The van der Waals surface area contributed by atoms with Gasteiger partial charge in [-0.2, -0.15) is 0 Å². The maximum absolute atomic E-state index is 13.8. The number of carbonyl (C=O) groups is 2. The van der Waals surface area contributed by atoms with Crippen molar-refractivity contribution in [3.8, 4) is 0 Å². The number of halogens is 2. The molecule has 0 heterocycles. The number of likely N-dealkylation sites (N-methyl/N-ethyl adjacent to an activating group) is 1. The van der Waals surface area contributed by atoms with Gasteiger partial charge in [-0.15, -0.1) is 0 Å². The number of carbonyl (C=O) groups excluding carboxylic acids is 2. The van der Waals surface area contributed by atoms with Crippen LogP contribution in [0.2, 0.25) is 5.02 Å². The molecule has 2 amide bonds. The number of anilines is 1. The highest BCUT2D eigenvalue weighted by Gasteiger charge is 2.33. The summed E-state index contributed by atoms with van der Waals surface area (Å²) in [4.78, 5) is 28.3. The first kappa shape index (κ1) is 27.7. The molecular weight excluding hydrogens is 566 g/mol. The number of hydrogen-bond acceptors (Lipinski definition) is 4. The summed E-state index contributed by atoms with van der Waals surface area (Å²) in [6.07, 6.45) is 1.27. The average molecular weight is 593 g/mol. The SMILES string of the molecule is CNC(=O)[C@H](Cc1ccccc1)N(Cc1cccc(Br)c1)C(=O)CN(c1ccccc1Cl)S(C)(=O)=O. The number of benzene rings is 3. The second-order valence-corrected chi connectivity index (χ2v) is 11.4. The van der Waals surface area contributed by atoms with Crippen LogP contribution in [0.3, 0.4) is 0 Å². The Morgan fingerprint density at radius 3 is 2.22 bits per heavy atom. The van der Waals surface area contributed by atoms with Gasteiger partial charge in [-0.1, -0.05) is 82.1 Å². The number of nitrogens with zero attached hydrogens (tertiary/aromatic N) is 2.